The minimum atomic E-state index is -0.415. The van der Waals surface area contributed by atoms with Crippen molar-refractivity contribution in [2.75, 3.05) is 32.1 Å². The highest BCUT2D eigenvalue weighted by atomic mass is 16.6. The predicted octanol–water partition coefficient (Wildman–Crippen LogP) is 3.94. The molecule has 1 aromatic carbocycles. The fourth-order valence-electron chi connectivity index (χ4n) is 2.91. The smallest absolute Gasteiger partial charge is 0.410 e. The molecule has 0 atom stereocenters. The van der Waals surface area contributed by atoms with Crippen LogP contribution in [0.3, 0.4) is 0 Å². The van der Waals surface area contributed by atoms with Gasteiger partial charge in [-0.25, -0.2) is 4.79 Å². The van der Waals surface area contributed by atoms with Crippen LogP contribution in [0.1, 0.15) is 39.2 Å². The van der Waals surface area contributed by atoms with Crippen molar-refractivity contribution < 1.29 is 9.53 Å². The highest BCUT2D eigenvalue weighted by Crippen LogP contribution is 2.24. The van der Waals surface area contributed by atoms with Gasteiger partial charge in [-0.2, -0.15) is 0 Å². The largest absolute Gasteiger partial charge is 0.444 e. The number of carbonyl (C=O) groups is 1. The Labute approximate surface area is 140 Å². The Balaban J connectivity index is 1.81. The third kappa shape index (κ3) is 5.45. The van der Waals surface area contributed by atoms with E-state index < -0.39 is 5.60 Å². The number of hydrogen-bond donors (Lipinski definition) is 0. The molecular formula is C19H30N2O2. The molecule has 23 heavy (non-hydrogen) atoms. The zero-order valence-electron chi connectivity index (χ0n) is 15.1. The van der Waals surface area contributed by atoms with E-state index in [-0.39, 0.29) is 6.09 Å². The fraction of sp³-hybridized carbons (Fsp3) is 0.632. The van der Waals surface area contributed by atoms with Gasteiger partial charge in [0.2, 0.25) is 0 Å². The first kappa shape index (κ1) is 17.6. The lowest BCUT2D eigenvalue weighted by Crippen LogP contribution is -2.42. The van der Waals surface area contributed by atoms with E-state index in [9.17, 15) is 4.79 Å². The average Bonchev–Trinajstić information content (AvgIpc) is 2.46. The molecule has 0 aromatic heterocycles. The van der Waals surface area contributed by atoms with Crippen molar-refractivity contribution in [1.82, 2.24) is 4.90 Å². The van der Waals surface area contributed by atoms with Crippen molar-refractivity contribution >= 4 is 11.8 Å². The molecule has 0 spiro atoms. The Hall–Kier alpha value is -1.71. The maximum Gasteiger partial charge on any atom is 0.410 e. The molecule has 1 aliphatic heterocycles. The van der Waals surface area contributed by atoms with Gasteiger partial charge >= 0.3 is 6.09 Å². The van der Waals surface area contributed by atoms with Crippen LogP contribution in [0.15, 0.2) is 24.3 Å². The number of carbonyl (C=O) groups excluding carboxylic acids is 1. The van der Waals surface area contributed by atoms with Gasteiger partial charge in [-0.15, -0.1) is 0 Å². The number of nitrogens with zero attached hydrogens (tertiary/aromatic N) is 2. The third-order valence-corrected chi connectivity index (χ3v) is 4.24. The molecule has 1 heterocycles. The molecule has 4 nitrogen and oxygen atoms in total. The van der Waals surface area contributed by atoms with Gasteiger partial charge < -0.3 is 14.5 Å². The van der Waals surface area contributed by atoms with Crippen LogP contribution in [0.2, 0.25) is 0 Å². The Bertz CT molecular complexity index is 509. The highest BCUT2D eigenvalue weighted by Gasteiger charge is 2.26. The number of likely N-dealkylation sites (tertiary alicyclic amines) is 1. The SMILES string of the molecule is CN(C)c1ccc(CC2CCN(C(=O)OC(C)(C)C)CC2)cc1. The van der Waals surface area contributed by atoms with Gasteiger partial charge in [0.05, 0.1) is 0 Å². The molecule has 1 aromatic rings. The van der Waals surface area contributed by atoms with Gasteiger partial charge in [0, 0.05) is 32.9 Å². The third-order valence-electron chi connectivity index (χ3n) is 4.24. The fourth-order valence-corrected chi connectivity index (χ4v) is 2.91. The van der Waals surface area contributed by atoms with Crippen molar-refractivity contribution in [1.29, 1.82) is 0 Å². The van der Waals surface area contributed by atoms with Crippen LogP contribution in [0.4, 0.5) is 10.5 Å². The van der Waals surface area contributed by atoms with Crippen LogP contribution in [0.5, 0.6) is 0 Å². The second-order valence-corrected chi connectivity index (χ2v) is 7.68. The molecule has 0 unspecified atom stereocenters. The molecule has 0 bridgehead atoms. The van der Waals surface area contributed by atoms with Crippen LogP contribution in [0, 0.1) is 5.92 Å². The molecule has 1 aliphatic rings. The van der Waals surface area contributed by atoms with Crippen LogP contribution >= 0.6 is 0 Å². The van der Waals surface area contributed by atoms with Gasteiger partial charge in [-0.3, -0.25) is 0 Å². The second kappa shape index (κ2) is 7.24. The monoisotopic (exact) mass is 318 g/mol. The van der Waals surface area contributed by atoms with Gasteiger partial charge in [0.1, 0.15) is 5.60 Å². The number of rotatable bonds is 3. The van der Waals surface area contributed by atoms with E-state index in [1.807, 2.05) is 25.7 Å². The number of anilines is 1. The summed E-state index contributed by atoms with van der Waals surface area (Å²) in [5.41, 5.74) is 2.20. The summed E-state index contributed by atoms with van der Waals surface area (Å²) in [4.78, 5) is 16.0. The van der Waals surface area contributed by atoms with E-state index in [4.69, 9.17) is 4.74 Å². The first-order valence-electron chi connectivity index (χ1n) is 8.49. The molecule has 1 amide bonds. The summed E-state index contributed by atoms with van der Waals surface area (Å²) in [6, 6.07) is 8.78. The summed E-state index contributed by atoms with van der Waals surface area (Å²) in [7, 11) is 4.11. The minimum Gasteiger partial charge on any atom is -0.444 e. The lowest BCUT2D eigenvalue weighted by Gasteiger charge is -2.33. The first-order valence-corrected chi connectivity index (χ1v) is 8.49. The van der Waals surface area contributed by atoms with E-state index >= 15 is 0 Å². The standard InChI is InChI=1S/C19H30N2O2/c1-19(2,3)23-18(22)21-12-10-16(11-13-21)14-15-6-8-17(9-7-15)20(4)5/h6-9,16H,10-14H2,1-5H3. The molecule has 0 aliphatic carbocycles. The van der Waals surface area contributed by atoms with Crippen molar-refractivity contribution in [3.63, 3.8) is 0 Å². The molecule has 0 N–H and O–H groups in total. The molecule has 0 saturated carbocycles. The molecule has 0 radical (unpaired) electrons. The van der Waals surface area contributed by atoms with Crippen LogP contribution in [-0.4, -0.2) is 43.8 Å². The average molecular weight is 318 g/mol. The lowest BCUT2D eigenvalue weighted by molar-refractivity contribution is 0.0184. The number of piperidine rings is 1. The Kier molecular flexibility index (Phi) is 5.55. The van der Waals surface area contributed by atoms with Crippen molar-refractivity contribution in [3.05, 3.63) is 29.8 Å². The lowest BCUT2D eigenvalue weighted by atomic mass is 9.90. The van der Waals surface area contributed by atoms with Gasteiger partial charge in [-0.1, -0.05) is 12.1 Å². The highest BCUT2D eigenvalue weighted by molar-refractivity contribution is 5.68. The van der Waals surface area contributed by atoms with Crippen molar-refractivity contribution in [2.24, 2.45) is 5.92 Å². The van der Waals surface area contributed by atoms with E-state index in [0.29, 0.717) is 5.92 Å². The van der Waals surface area contributed by atoms with Crippen LogP contribution in [-0.2, 0) is 11.2 Å². The molecule has 2 rings (SSSR count). The Morgan fingerprint density at radius 2 is 1.74 bits per heavy atom. The van der Waals surface area contributed by atoms with E-state index in [1.54, 1.807) is 0 Å². The van der Waals surface area contributed by atoms with Crippen LogP contribution < -0.4 is 4.90 Å². The minimum absolute atomic E-state index is 0.175. The summed E-state index contributed by atoms with van der Waals surface area (Å²) in [5, 5.41) is 0. The maximum absolute atomic E-state index is 12.1. The van der Waals surface area contributed by atoms with E-state index in [0.717, 1.165) is 32.4 Å². The maximum atomic E-state index is 12.1. The normalized spacial score (nSPS) is 16.3. The van der Waals surface area contributed by atoms with Gasteiger partial charge in [-0.05, 0) is 63.6 Å². The topological polar surface area (TPSA) is 32.8 Å². The summed E-state index contributed by atoms with van der Waals surface area (Å²) in [6.07, 6.45) is 3.02. The zero-order valence-corrected chi connectivity index (χ0v) is 15.1. The molecule has 128 valence electrons. The molecular weight excluding hydrogens is 288 g/mol. The van der Waals surface area contributed by atoms with Crippen molar-refractivity contribution in [2.45, 2.75) is 45.6 Å². The molecule has 1 fully saturated rings. The number of ether oxygens (including phenoxy) is 1. The Morgan fingerprint density at radius 1 is 1.17 bits per heavy atom. The summed E-state index contributed by atoms with van der Waals surface area (Å²) >= 11 is 0. The van der Waals surface area contributed by atoms with Crippen molar-refractivity contribution in [3.8, 4) is 0 Å². The summed E-state index contributed by atoms with van der Waals surface area (Å²) < 4.78 is 5.45. The predicted molar refractivity (Wildman–Crippen MR) is 95.0 cm³/mol. The van der Waals surface area contributed by atoms with E-state index in [1.165, 1.54) is 11.3 Å². The quantitative estimate of drug-likeness (QED) is 0.846. The summed E-state index contributed by atoms with van der Waals surface area (Å²) in [5.74, 6) is 0.652. The summed E-state index contributed by atoms with van der Waals surface area (Å²) in [6.45, 7) is 7.34. The van der Waals surface area contributed by atoms with E-state index in [2.05, 4.69) is 43.3 Å². The Morgan fingerprint density at radius 3 is 2.22 bits per heavy atom. The number of benzene rings is 1. The zero-order chi connectivity index (χ0) is 17.0. The first-order chi connectivity index (χ1) is 10.7. The number of amides is 1. The van der Waals surface area contributed by atoms with Gasteiger partial charge in [0.15, 0.2) is 0 Å². The van der Waals surface area contributed by atoms with Crippen LogP contribution in [0.25, 0.3) is 0 Å². The van der Waals surface area contributed by atoms with Gasteiger partial charge in [0.25, 0.3) is 0 Å². The molecule has 1 saturated heterocycles. The number of hydrogen-bond acceptors (Lipinski definition) is 3. The second-order valence-electron chi connectivity index (χ2n) is 7.68. The molecule has 4 heteroatoms.